The maximum atomic E-state index is 9.78. The van der Waals surface area contributed by atoms with E-state index in [0.29, 0.717) is 24.0 Å². The van der Waals surface area contributed by atoms with Crippen LogP contribution in [0.2, 0.25) is 0 Å². The number of aliphatic hydroxyl groups excluding tert-OH is 1. The predicted octanol–water partition coefficient (Wildman–Crippen LogP) is 2.33. The van der Waals surface area contributed by atoms with Crippen LogP contribution in [0.4, 0.5) is 0 Å². The van der Waals surface area contributed by atoms with Gasteiger partial charge in [0, 0.05) is 12.6 Å². The predicted molar refractivity (Wildman–Crippen MR) is 73.6 cm³/mol. The van der Waals surface area contributed by atoms with E-state index in [9.17, 15) is 5.11 Å². The molecule has 0 aliphatic heterocycles. The SMILES string of the molecule is CC(C)(C)CCOCC(CO)(NC1CC1)C1CC1. The van der Waals surface area contributed by atoms with Gasteiger partial charge in [-0.25, -0.2) is 0 Å². The molecule has 0 aromatic rings. The zero-order chi connectivity index (χ0) is 13.2. The molecule has 2 aliphatic carbocycles. The van der Waals surface area contributed by atoms with E-state index < -0.39 is 0 Å². The van der Waals surface area contributed by atoms with Crippen LogP contribution in [-0.4, -0.2) is 36.5 Å². The van der Waals surface area contributed by atoms with Gasteiger partial charge in [0.2, 0.25) is 0 Å². The molecule has 0 saturated heterocycles. The first-order chi connectivity index (χ1) is 8.45. The molecule has 2 aliphatic rings. The molecule has 2 saturated carbocycles. The minimum atomic E-state index is -0.154. The zero-order valence-corrected chi connectivity index (χ0v) is 12.2. The molecule has 0 bridgehead atoms. The monoisotopic (exact) mass is 255 g/mol. The summed E-state index contributed by atoms with van der Waals surface area (Å²) < 4.78 is 5.87. The Hall–Kier alpha value is -0.120. The maximum Gasteiger partial charge on any atom is 0.0681 e. The lowest BCUT2D eigenvalue weighted by molar-refractivity contribution is 0.0143. The molecule has 0 amide bonds. The van der Waals surface area contributed by atoms with Gasteiger partial charge in [0.25, 0.3) is 0 Å². The van der Waals surface area contributed by atoms with E-state index >= 15 is 0 Å². The van der Waals surface area contributed by atoms with E-state index in [1.807, 2.05) is 0 Å². The minimum absolute atomic E-state index is 0.154. The number of aliphatic hydroxyl groups is 1. The van der Waals surface area contributed by atoms with Crippen molar-refractivity contribution in [1.29, 1.82) is 0 Å². The maximum absolute atomic E-state index is 9.78. The number of ether oxygens (including phenoxy) is 1. The van der Waals surface area contributed by atoms with Gasteiger partial charge in [-0.05, 0) is 43.4 Å². The third-order valence-corrected chi connectivity index (χ3v) is 4.07. The molecule has 3 heteroatoms. The first kappa shape index (κ1) is 14.3. The highest BCUT2D eigenvalue weighted by Gasteiger charge is 2.47. The van der Waals surface area contributed by atoms with Crippen LogP contribution in [0.15, 0.2) is 0 Å². The standard InChI is InChI=1S/C15H29NO2/c1-14(2,3)8-9-18-11-15(10-17,12-4-5-12)16-13-6-7-13/h12-13,16-17H,4-11H2,1-3H3. The molecule has 106 valence electrons. The Kier molecular flexibility index (Phi) is 4.35. The summed E-state index contributed by atoms with van der Waals surface area (Å²) in [4.78, 5) is 0. The van der Waals surface area contributed by atoms with Crippen molar-refractivity contribution in [2.75, 3.05) is 19.8 Å². The first-order valence-corrected chi connectivity index (χ1v) is 7.41. The van der Waals surface area contributed by atoms with Crippen LogP contribution in [-0.2, 0) is 4.74 Å². The highest BCUT2D eigenvalue weighted by molar-refractivity contribution is 5.04. The number of hydrogen-bond acceptors (Lipinski definition) is 3. The molecule has 0 heterocycles. The molecular formula is C15H29NO2. The van der Waals surface area contributed by atoms with Crippen molar-refractivity contribution in [2.24, 2.45) is 11.3 Å². The molecule has 1 atom stereocenters. The quantitative estimate of drug-likeness (QED) is 0.654. The van der Waals surface area contributed by atoms with Crippen LogP contribution in [0.25, 0.3) is 0 Å². The Bertz CT molecular complexity index is 266. The van der Waals surface area contributed by atoms with Gasteiger partial charge in [-0.1, -0.05) is 20.8 Å². The fourth-order valence-corrected chi connectivity index (χ4v) is 2.40. The summed E-state index contributed by atoms with van der Waals surface area (Å²) in [5, 5.41) is 13.4. The second kappa shape index (κ2) is 5.48. The van der Waals surface area contributed by atoms with Crippen LogP contribution in [0.1, 0.15) is 52.9 Å². The molecule has 3 nitrogen and oxygen atoms in total. The average molecular weight is 255 g/mol. The lowest BCUT2D eigenvalue weighted by atomic mass is 9.92. The van der Waals surface area contributed by atoms with Gasteiger partial charge < -0.3 is 15.2 Å². The number of hydrogen-bond donors (Lipinski definition) is 2. The molecular weight excluding hydrogens is 226 g/mol. The summed E-state index contributed by atoms with van der Waals surface area (Å²) in [5.74, 6) is 0.623. The van der Waals surface area contributed by atoms with E-state index in [2.05, 4.69) is 26.1 Å². The zero-order valence-electron chi connectivity index (χ0n) is 12.2. The molecule has 0 aromatic heterocycles. The first-order valence-electron chi connectivity index (χ1n) is 7.41. The van der Waals surface area contributed by atoms with Crippen molar-refractivity contribution in [3.63, 3.8) is 0 Å². The third kappa shape index (κ3) is 4.22. The minimum Gasteiger partial charge on any atom is -0.394 e. The van der Waals surface area contributed by atoms with Gasteiger partial charge in [0.15, 0.2) is 0 Å². The van der Waals surface area contributed by atoms with E-state index in [1.165, 1.54) is 25.7 Å². The van der Waals surface area contributed by atoms with E-state index in [1.54, 1.807) is 0 Å². The fraction of sp³-hybridized carbons (Fsp3) is 1.00. The van der Waals surface area contributed by atoms with Crippen molar-refractivity contribution in [2.45, 2.75) is 64.5 Å². The van der Waals surface area contributed by atoms with Gasteiger partial charge in [-0.15, -0.1) is 0 Å². The van der Waals surface area contributed by atoms with Gasteiger partial charge in [-0.2, -0.15) is 0 Å². The summed E-state index contributed by atoms with van der Waals surface area (Å²) in [7, 11) is 0. The third-order valence-electron chi connectivity index (χ3n) is 4.07. The number of rotatable bonds is 8. The van der Waals surface area contributed by atoms with Gasteiger partial charge in [0.1, 0.15) is 0 Å². The molecule has 0 radical (unpaired) electrons. The molecule has 0 aromatic carbocycles. The second-order valence-corrected chi connectivity index (χ2v) is 7.37. The Morgan fingerprint density at radius 2 is 1.83 bits per heavy atom. The smallest absolute Gasteiger partial charge is 0.0681 e. The highest BCUT2D eigenvalue weighted by Crippen LogP contribution is 2.41. The number of nitrogens with one attached hydrogen (secondary N) is 1. The summed E-state index contributed by atoms with van der Waals surface area (Å²) in [6.07, 6.45) is 6.07. The van der Waals surface area contributed by atoms with Gasteiger partial charge in [-0.3, -0.25) is 0 Å². The second-order valence-electron chi connectivity index (χ2n) is 7.37. The van der Waals surface area contributed by atoms with Crippen molar-refractivity contribution >= 4 is 0 Å². The summed E-state index contributed by atoms with van der Waals surface area (Å²) in [6, 6.07) is 0.629. The summed E-state index contributed by atoms with van der Waals surface area (Å²) >= 11 is 0. The molecule has 18 heavy (non-hydrogen) atoms. The van der Waals surface area contributed by atoms with Crippen molar-refractivity contribution < 1.29 is 9.84 Å². The Morgan fingerprint density at radius 1 is 1.17 bits per heavy atom. The van der Waals surface area contributed by atoms with E-state index in [4.69, 9.17) is 4.74 Å². The van der Waals surface area contributed by atoms with Crippen molar-refractivity contribution in [1.82, 2.24) is 5.32 Å². The molecule has 2 fully saturated rings. The molecule has 1 unspecified atom stereocenters. The Balaban J connectivity index is 1.77. The van der Waals surface area contributed by atoms with Crippen LogP contribution >= 0.6 is 0 Å². The van der Waals surface area contributed by atoms with Crippen LogP contribution in [0.5, 0.6) is 0 Å². The van der Waals surface area contributed by atoms with Crippen LogP contribution < -0.4 is 5.32 Å². The Morgan fingerprint density at radius 3 is 2.28 bits per heavy atom. The highest BCUT2D eigenvalue weighted by atomic mass is 16.5. The van der Waals surface area contributed by atoms with Crippen LogP contribution in [0, 0.1) is 11.3 Å². The molecule has 2 N–H and O–H groups in total. The molecule has 2 rings (SSSR count). The lowest BCUT2D eigenvalue weighted by Crippen LogP contribution is -2.55. The topological polar surface area (TPSA) is 41.5 Å². The van der Waals surface area contributed by atoms with Gasteiger partial charge >= 0.3 is 0 Å². The van der Waals surface area contributed by atoms with Gasteiger partial charge in [0.05, 0.1) is 18.8 Å². The summed E-state index contributed by atoms with van der Waals surface area (Å²) in [5.41, 5.74) is 0.171. The summed E-state index contributed by atoms with van der Waals surface area (Å²) in [6.45, 7) is 8.38. The van der Waals surface area contributed by atoms with Crippen molar-refractivity contribution in [3.8, 4) is 0 Å². The average Bonchev–Trinajstić information content (AvgIpc) is 3.13. The van der Waals surface area contributed by atoms with Crippen LogP contribution in [0.3, 0.4) is 0 Å². The van der Waals surface area contributed by atoms with E-state index in [0.717, 1.165) is 13.0 Å². The molecule has 0 spiro atoms. The van der Waals surface area contributed by atoms with E-state index in [-0.39, 0.29) is 12.1 Å². The lowest BCUT2D eigenvalue weighted by Gasteiger charge is -2.34. The normalized spacial score (nSPS) is 24.0. The fourth-order valence-electron chi connectivity index (χ4n) is 2.40. The largest absolute Gasteiger partial charge is 0.394 e. The van der Waals surface area contributed by atoms with Crippen molar-refractivity contribution in [3.05, 3.63) is 0 Å². The Labute approximate surface area is 111 Å².